The fraction of sp³-hybridized carbons (Fsp3) is 0.115. The lowest BCUT2D eigenvalue weighted by Crippen LogP contribution is -2.12. The topological polar surface area (TPSA) is 61.2 Å². The van der Waals surface area contributed by atoms with E-state index in [-0.39, 0.29) is 4.90 Å². The fourth-order valence-corrected chi connectivity index (χ4v) is 5.94. The van der Waals surface area contributed by atoms with E-state index in [1.54, 1.807) is 48.0 Å². The summed E-state index contributed by atoms with van der Waals surface area (Å²) < 4.78 is 34.6. The van der Waals surface area contributed by atoms with Crippen molar-refractivity contribution >= 4 is 32.4 Å². The Balaban J connectivity index is 1.85. The summed E-state index contributed by atoms with van der Waals surface area (Å²) in [6.45, 7) is 4.37. The van der Waals surface area contributed by atoms with Gasteiger partial charge in [-0.3, -0.25) is 0 Å². The summed E-state index contributed by atoms with van der Waals surface area (Å²) in [5, 5.41) is 4.84. The molecule has 3 heterocycles. The highest BCUT2D eigenvalue weighted by atomic mass is 32.2. The van der Waals surface area contributed by atoms with E-state index in [0.29, 0.717) is 18.0 Å². The molecule has 0 fully saturated rings. The van der Waals surface area contributed by atoms with E-state index in [1.807, 2.05) is 55.6 Å². The van der Waals surface area contributed by atoms with Crippen LogP contribution in [0.2, 0.25) is 0 Å². The van der Waals surface area contributed by atoms with Crippen LogP contribution < -0.4 is 4.74 Å². The van der Waals surface area contributed by atoms with Crippen molar-refractivity contribution in [3.8, 4) is 28.0 Å². The third-order valence-electron chi connectivity index (χ3n) is 5.54. The SMILES string of the molecule is CCOc1ccccc1-c1cn(S(=O)(=O)c2ccc(C)cc2)c2nccc(-c3ccsc3)c12. The zero-order chi connectivity index (χ0) is 23.0. The van der Waals surface area contributed by atoms with E-state index < -0.39 is 10.0 Å². The number of hydrogen-bond acceptors (Lipinski definition) is 5. The first-order chi connectivity index (χ1) is 16.0. The molecule has 0 bridgehead atoms. The molecule has 5 rings (SSSR count). The molecule has 7 heteroatoms. The van der Waals surface area contributed by atoms with Crippen molar-refractivity contribution in [2.45, 2.75) is 18.7 Å². The Labute approximate surface area is 197 Å². The van der Waals surface area contributed by atoms with Crippen LogP contribution in [0.1, 0.15) is 12.5 Å². The molecule has 2 aromatic carbocycles. The van der Waals surface area contributed by atoms with Gasteiger partial charge in [0.05, 0.1) is 11.5 Å². The van der Waals surface area contributed by atoms with Gasteiger partial charge in [0.2, 0.25) is 0 Å². The summed E-state index contributed by atoms with van der Waals surface area (Å²) in [4.78, 5) is 4.75. The van der Waals surface area contributed by atoms with Crippen LogP contribution in [0, 0.1) is 6.92 Å². The van der Waals surface area contributed by atoms with Crippen LogP contribution >= 0.6 is 11.3 Å². The Hall–Kier alpha value is -3.42. The van der Waals surface area contributed by atoms with Gasteiger partial charge in [-0.15, -0.1) is 0 Å². The summed E-state index contributed by atoms with van der Waals surface area (Å²) in [6.07, 6.45) is 3.33. The standard InChI is InChI=1S/C26H22N2O3S2/c1-3-31-24-7-5-4-6-22(24)23-16-28(33(29,30)20-10-8-18(2)9-11-20)26-25(23)21(12-14-27-26)19-13-15-32-17-19/h4-17H,3H2,1-2H3. The van der Waals surface area contributed by atoms with Crippen molar-refractivity contribution in [1.82, 2.24) is 8.96 Å². The molecule has 0 unspecified atom stereocenters. The first-order valence-corrected chi connectivity index (χ1v) is 13.0. The second kappa shape index (κ2) is 8.50. The molecular weight excluding hydrogens is 452 g/mol. The van der Waals surface area contributed by atoms with Crippen molar-refractivity contribution < 1.29 is 13.2 Å². The van der Waals surface area contributed by atoms with Gasteiger partial charge < -0.3 is 4.74 Å². The quantitative estimate of drug-likeness (QED) is 0.287. The van der Waals surface area contributed by atoms with E-state index >= 15 is 0 Å². The van der Waals surface area contributed by atoms with E-state index in [9.17, 15) is 8.42 Å². The Bertz CT molecular complexity index is 1530. The summed E-state index contributed by atoms with van der Waals surface area (Å²) >= 11 is 1.60. The molecule has 33 heavy (non-hydrogen) atoms. The molecule has 0 amide bonds. The summed E-state index contributed by atoms with van der Waals surface area (Å²) in [5.74, 6) is 0.701. The number of aromatic nitrogens is 2. The molecule has 166 valence electrons. The van der Waals surface area contributed by atoms with Crippen molar-refractivity contribution in [2.24, 2.45) is 0 Å². The molecule has 0 aliphatic carbocycles. The Morgan fingerprint density at radius 1 is 0.970 bits per heavy atom. The smallest absolute Gasteiger partial charge is 0.269 e. The molecule has 3 aromatic heterocycles. The maximum atomic E-state index is 13.7. The Morgan fingerprint density at radius 2 is 1.76 bits per heavy atom. The van der Waals surface area contributed by atoms with Crippen LogP contribution in [0.4, 0.5) is 0 Å². The molecule has 5 aromatic rings. The number of ether oxygens (including phenoxy) is 1. The lowest BCUT2D eigenvalue weighted by Gasteiger charge is -2.10. The predicted octanol–water partition coefficient (Wildman–Crippen LogP) is 6.38. The highest BCUT2D eigenvalue weighted by molar-refractivity contribution is 7.90. The van der Waals surface area contributed by atoms with E-state index in [4.69, 9.17) is 4.74 Å². The molecule has 0 saturated heterocycles. The summed E-state index contributed by atoms with van der Waals surface area (Å²) in [7, 11) is -3.86. The number of hydrogen-bond donors (Lipinski definition) is 0. The third-order valence-corrected chi connectivity index (χ3v) is 7.89. The number of benzene rings is 2. The van der Waals surface area contributed by atoms with E-state index in [0.717, 1.165) is 33.2 Å². The monoisotopic (exact) mass is 474 g/mol. The van der Waals surface area contributed by atoms with Crippen LogP contribution in [-0.4, -0.2) is 24.0 Å². The normalized spacial score (nSPS) is 11.7. The summed E-state index contributed by atoms with van der Waals surface area (Å²) in [6, 6.07) is 18.5. The van der Waals surface area contributed by atoms with Gasteiger partial charge in [-0.2, -0.15) is 11.3 Å². The molecular formula is C26H22N2O3S2. The largest absolute Gasteiger partial charge is 0.493 e. The van der Waals surface area contributed by atoms with Crippen molar-refractivity contribution in [1.29, 1.82) is 0 Å². The zero-order valence-corrected chi connectivity index (χ0v) is 19.9. The number of aryl methyl sites for hydroxylation is 1. The van der Waals surface area contributed by atoms with Crippen molar-refractivity contribution in [2.75, 3.05) is 6.61 Å². The highest BCUT2D eigenvalue weighted by Crippen LogP contribution is 2.41. The van der Waals surface area contributed by atoms with Crippen LogP contribution in [0.25, 0.3) is 33.3 Å². The summed E-state index contributed by atoms with van der Waals surface area (Å²) in [5.41, 5.74) is 4.93. The lowest BCUT2D eigenvalue weighted by atomic mass is 9.99. The molecule has 0 aliphatic heterocycles. The minimum atomic E-state index is -3.86. The van der Waals surface area contributed by atoms with Gasteiger partial charge in [0.1, 0.15) is 5.75 Å². The van der Waals surface area contributed by atoms with Gasteiger partial charge in [0.25, 0.3) is 10.0 Å². The van der Waals surface area contributed by atoms with Gasteiger partial charge in [0.15, 0.2) is 5.65 Å². The van der Waals surface area contributed by atoms with Crippen LogP contribution in [0.15, 0.2) is 88.7 Å². The number of nitrogens with zero attached hydrogens (tertiary/aromatic N) is 2. The molecule has 0 atom stereocenters. The second-order valence-corrected chi connectivity index (χ2v) is 10.2. The highest BCUT2D eigenvalue weighted by Gasteiger charge is 2.25. The molecule has 0 N–H and O–H groups in total. The number of para-hydroxylation sites is 1. The van der Waals surface area contributed by atoms with Gasteiger partial charge in [-0.1, -0.05) is 35.9 Å². The van der Waals surface area contributed by atoms with Gasteiger partial charge in [0, 0.05) is 28.9 Å². The second-order valence-electron chi connectivity index (χ2n) is 7.66. The maximum absolute atomic E-state index is 13.7. The third kappa shape index (κ3) is 3.73. The minimum absolute atomic E-state index is 0.220. The van der Waals surface area contributed by atoms with Gasteiger partial charge in [-0.05, 0) is 66.1 Å². The lowest BCUT2D eigenvalue weighted by molar-refractivity contribution is 0.341. The predicted molar refractivity (Wildman–Crippen MR) is 133 cm³/mol. The van der Waals surface area contributed by atoms with Gasteiger partial charge >= 0.3 is 0 Å². The Kier molecular flexibility index (Phi) is 5.52. The number of pyridine rings is 1. The van der Waals surface area contributed by atoms with Gasteiger partial charge in [-0.25, -0.2) is 17.4 Å². The van der Waals surface area contributed by atoms with Crippen molar-refractivity contribution in [3.63, 3.8) is 0 Å². The minimum Gasteiger partial charge on any atom is -0.493 e. The Morgan fingerprint density at radius 3 is 2.48 bits per heavy atom. The fourth-order valence-electron chi connectivity index (χ4n) is 3.97. The first-order valence-electron chi connectivity index (χ1n) is 10.6. The van der Waals surface area contributed by atoms with E-state index in [1.165, 1.54) is 3.97 Å². The van der Waals surface area contributed by atoms with Crippen LogP contribution in [-0.2, 0) is 10.0 Å². The number of rotatable bonds is 6. The molecule has 0 aliphatic rings. The molecule has 0 radical (unpaired) electrons. The number of thiophene rings is 1. The molecule has 5 nitrogen and oxygen atoms in total. The van der Waals surface area contributed by atoms with Crippen LogP contribution in [0.5, 0.6) is 5.75 Å². The van der Waals surface area contributed by atoms with Crippen molar-refractivity contribution in [3.05, 3.63) is 89.4 Å². The first kappa shape index (κ1) is 21.4. The average Bonchev–Trinajstić information content (AvgIpc) is 3.49. The zero-order valence-electron chi connectivity index (χ0n) is 18.2. The molecule has 0 saturated carbocycles. The molecule has 0 spiro atoms. The maximum Gasteiger partial charge on any atom is 0.269 e. The van der Waals surface area contributed by atoms with E-state index in [2.05, 4.69) is 10.4 Å². The number of fused-ring (bicyclic) bond motifs is 1. The average molecular weight is 475 g/mol. The van der Waals surface area contributed by atoms with Crippen LogP contribution in [0.3, 0.4) is 0 Å².